The van der Waals surface area contributed by atoms with Crippen LogP contribution in [0.15, 0.2) is 46.1 Å². The molecule has 1 saturated heterocycles. The number of furan rings is 1. The summed E-state index contributed by atoms with van der Waals surface area (Å²) in [6, 6.07) is 4.98. The zero-order valence-corrected chi connectivity index (χ0v) is 15.7. The third-order valence-electron chi connectivity index (χ3n) is 4.65. The Morgan fingerprint density at radius 1 is 1.33 bits per heavy atom. The molecule has 1 amide bonds. The molecule has 146 valence electrons. The van der Waals surface area contributed by atoms with Gasteiger partial charge >= 0.3 is 0 Å². The highest BCUT2D eigenvalue weighted by Gasteiger charge is 2.26. The molecule has 1 aliphatic rings. The molecule has 0 aliphatic carbocycles. The van der Waals surface area contributed by atoms with Crippen LogP contribution < -0.4 is 9.46 Å². The second-order valence-electron chi connectivity index (χ2n) is 6.39. The van der Waals surface area contributed by atoms with E-state index in [0.717, 1.165) is 12.1 Å². The third-order valence-corrected chi connectivity index (χ3v) is 6.09. The minimum Gasteiger partial charge on any atom is -0.495 e. The lowest BCUT2D eigenvalue weighted by Crippen LogP contribution is -2.41. The van der Waals surface area contributed by atoms with Gasteiger partial charge < -0.3 is 14.1 Å². The second-order valence-corrected chi connectivity index (χ2v) is 8.13. The molecule has 27 heavy (non-hydrogen) atoms. The predicted octanol–water partition coefficient (Wildman–Crippen LogP) is 2.26. The lowest BCUT2D eigenvalue weighted by Gasteiger charge is -2.31. The highest BCUT2D eigenvalue weighted by Crippen LogP contribution is 2.25. The summed E-state index contributed by atoms with van der Waals surface area (Å²) in [6.07, 6.45) is 4.21. The quantitative estimate of drug-likeness (QED) is 0.809. The Kier molecular flexibility index (Phi) is 5.81. The van der Waals surface area contributed by atoms with Gasteiger partial charge in [-0.3, -0.25) is 4.79 Å². The number of nitrogens with one attached hydrogen (secondary N) is 1. The van der Waals surface area contributed by atoms with Crippen LogP contribution in [0.25, 0.3) is 0 Å². The van der Waals surface area contributed by atoms with Crippen LogP contribution in [-0.4, -0.2) is 46.0 Å². The van der Waals surface area contributed by atoms with E-state index in [2.05, 4.69) is 4.72 Å². The van der Waals surface area contributed by atoms with Crippen molar-refractivity contribution in [1.82, 2.24) is 9.62 Å². The van der Waals surface area contributed by atoms with Crippen LogP contribution in [0.4, 0.5) is 4.39 Å². The molecule has 1 aliphatic heterocycles. The van der Waals surface area contributed by atoms with Crippen molar-refractivity contribution in [2.75, 3.05) is 26.7 Å². The van der Waals surface area contributed by atoms with Gasteiger partial charge in [-0.15, -0.1) is 0 Å². The number of carbonyl (C=O) groups is 1. The number of sulfonamides is 1. The monoisotopic (exact) mass is 396 g/mol. The first-order chi connectivity index (χ1) is 12.9. The molecule has 0 radical (unpaired) electrons. The molecule has 0 saturated carbocycles. The Balaban J connectivity index is 1.57. The van der Waals surface area contributed by atoms with Crippen molar-refractivity contribution >= 4 is 15.9 Å². The molecular formula is C18H21FN2O5S. The van der Waals surface area contributed by atoms with Crippen LogP contribution >= 0.6 is 0 Å². The molecule has 2 heterocycles. The number of hydrogen-bond donors (Lipinski definition) is 1. The van der Waals surface area contributed by atoms with Crippen LogP contribution in [0.3, 0.4) is 0 Å². The molecule has 0 bridgehead atoms. The number of benzene rings is 1. The Bertz CT molecular complexity index is 890. The first-order valence-electron chi connectivity index (χ1n) is 8.55. The molecule has 3 rings (SSSR count). The van der Waals surface area contributed by atoms with Crippen molar-refractivity contribution in [3.63, 3.8) is 0 Å². The summed E-state index contributed by atoms with van der Waals surface area (Å²) in [4.78, 5) is 13.8. The van der Waals surface area contributed by atoms with Crippen LogP contribution in [-0.2, 0) is 10.0 Å². The van der Waals surface area contributed by atoms with Gasteiger partial charge in [0.2, 0.25) is 10.0 Å². The molecule has 9 heteroatoms. The first kappa shape index (κ1) is 19.4. The van der Waals surface area contributed by atoms with Crippen molar-refractivity contribution in [1.29, 1.82) is 0 Å². The number of carbonyl (C=O) groups excluding carboxylic acids is 1. The normalized spacial score (nSPS) is 15.7. The van der Waals surface area contributed by atoms with E-state index in [9.17, 15) is 17.6 Å². The number of halogens is 1. The van der Waals surface area contributed by atoms with Crippen LogP contribution in [0.2, 0.25) is 0 Å². The lowest BCUT2D eigenvalue weighted by molar-refractivity contribution is 0.0691. The fourth-order valence-corrected chi connectivity index (χ4v) is 4.37. The van der Waals surface area contributed by atoms with Crippen LogP contribution in [0, 0.1) is 11.7 Å². The molecule has 1 aromatic heterocycles. The average Bonchev–Trinajstić information content (AvgIpc) is 3.21. The molecule has 0 atom stereocenters. The molecule has 1 N–H and O–H groups in total. The summed E-state index contributed by atoms with van der Waals surface area (Å²) >= 11 is 0. The van der Waals surface area contributed by atoms with Crippen molar-refractivity contribution in [3.05, 3.63) is 48.2 Å². The molecule has 0 spiro atoms. The van der Waals surface area contributed by atoms with Gasteiger partial charge in [0.1, 0.15) is 22.7 Å². The molecular weight excluding hydrogens is 375 g/mol. The van der Waals surface area contributed by atoms with Gasteiger partial charge in [0.15, 0.2) is 0 Å². The third kappa shape index (κ3) is 4.48. The summed E-state index contributed by atoms with van der Waals surface area (Å²) in [5, 5.41) is 0. The Morgan fingerprint density at radius 3 is 2.70 bits per heavy atom. The summed E-state index contributed by atoms with van der Waals surface area (Å²) < 4.78 is 50.9. The molecule has 2 aromatic rings. The van der Waals surface area contributed by atoms with Gasteiger partial charge in [-0.05, 0) is 43.0 Å². The van der Waals surface area contributed by atoms with Crippen molar-refractivity contribution in [2.24, 2.45) is 5.92 Å². The van der Waals surface area contributed by atoms with E-state index >= 15 is 0 Å². The van der Waals surface area contributed by atoms with E-state index in [1.165, 1.54) is 25.7 Å². The Hall–Kier alpha value is -2.39. The van der Waals surface area contributed by atoms with E-state index < -0.39 is 15.8 Å². The fraction of sp³-hybridized carbons (Fsp3) is 0.389. The molecule has 1 fully saturated rings. The number of methoxy groups -OCH3 is 1. The minimum absolute atomic E-state index is 0.0874. The largest absolute Gasteiger partial charge is 0.495 e. The highest BCUT2D eigenvalue weighted by atomic mass is 32.2. The maximum absolute atomic E-state index is 13.5. The van der Waals surface area contributed by atoms with Gasteiger partial charge in [0, 0.05) is 19.6 Å². The maximum Gasteiger partial charge on any atom is 0.257 e. The number of ether oxygens (including phenoxy) is 1. The standard InChI is InChI=1S/C18H21FN2O5S/c1-25-16-3-2-15(19)10-17(16)27(23,24)20-11-13-4-7-21(8-5-13)18(22)14-6-9-26-12-14/h2-3,6,9-10,12-13,20H,4-5,7-8,11H2,1H3. The highest BCUT2D eigenvalue weighted by molar-refractivity contribution is 7.89. The average molecular weight is 396 g/mol. The number of rotatable bonds is 6. The number of likely N-dealkylation sites (tertiary alicyclic amines) is 1. The van der Waals surface area contributed by atoms with E-state index in [1.807, 2.05) is 0 Å². The molecule has 1 aromatic carbocycles. The second kappa shape index (κ2) is 8.10. The van der Waals surface area contributed by atoms with E-state index in [4.69, 9.17) is 9.15 Å². The van der Waals surface area contributed by atoms with Gasteiger partial charge in [-0.25, -0.2) is 17.5 Å². The van der Waals surface area contributed by atoms with E-state index in [-0.39, 0.29) is 29.0 Å². The smallest absolute Gasteiger partial charge is 0.257 e. The lowest BCUT2D eigenvalue weighted by atomic mass is 9.97. The Labute approximate surface area is 157 Å². The summed E-state index contributed by atoms with van der Waals surface area (Å²) in [7, 11) is -2.57. The van der Waals surface area contributed by atoms with E-state index in [1.54, 1.807) is 11.0 Å². The van der Waals surface area contributed by atoms with Gasteiger partial charge in [-0.1, -0.05) is 0 Å². The summed E-state index contributed by atoms with van der Waals surface area (Å²) in [5.41, 5.74) is 0.507. The zero-order chi connectivity index (χ0) is 19.4. The number of hydrogen-bond acceptors (Lipinski definition) is 5. The zero-order valence-electron chi connectivity index (χ0n) is 14.9. The minimum atomic E-state index is -3.90. The van der Waals surface area contributed by atoms with Crippen molar-refractivity contribution in [3.8, 4) is 5.75 Å². The van der Waals surface area contributed by atoms with Gasteiger partial charge in [0.05, 0.1) is 18.9 Å². The van der Waals surface area contributed by atoms with Gasteiger partial charge in [0.25, 0.3) is 5.91 Å². The van der Waals surface area contributed by atoms with Gasteiger partial charge in [-0.2, -0.15) is 0 Å². The summed E-state index contributed by atoms with van der Waals surface area (Å²) in [5.74, 6) is -0.563. The maximum atomic E-state index is 13.5. The first-order valence-corrected chi connectivity index (χ1v) is 10.0. The van der Waals surface area contributed by atoms with Crippen molar-refractivity contribution in [2.45, 2.75) is 17.7 Å². The van der Waals surface area contributed by atoms with Crippen LogP contribution in [0.1, 0.15) is 23.2 Å². The van der Waals surface area contributed by atoms with Crippen molar-refractivity contribution < 1.29 is 26.8 Å². The number of piperidine rings is 1. The summed E-state index contributed by atoms with van der Waals surface area (Å²) in [6.45, 7) is 1.30. The topological polar surface area (TPSA) is 88.9 Å². The predicted molar refractivity (Wildman–Crippen MR) is 95.5 cm³/mol. The molecule has 0 unspecified atom stereocenters. The number of nitrogens with zero attached hydrogens (tertiary/aromatic N) is 1. The number of amides is 1. The SMILES string of the molecule is COc1ccc(F)cc1S(=O)(=O)NCC1CCN(C(=O)c2ccoc2)CC1. The fourth-order valence-electron chi connectivity index (χ4n) is 3.07. The molecule has 7 nitrogen and oxygen atoms in total. The Morgan fingerprint density at radius 2 is 2.07 bits per heavy atom. The van der Waals surface area contributed by atoms with Crippen LogP contribution in [0.5, 0.6) is 5.75 Å². The van der Waals surface area contributed by atoms with E-state index in [0.29, 0.717) is 31.5 Å².